The Bertz CT molecular complexity index is 1220. The third kappa shape index (κ3) is 6.71. The molecule has 0 spiro atoms. The maximum atomic E-state index is 6.92. The fraction of sp³-hybridized carbons (Fsp3) is 1.00. The highest BCUT2D eigenvalue weighted by molar-refractivity contribution is 8.00. The number of hydrogen-bond donors (Lipinski definition) is 0. The third-order valence-electron chi connectivity index (χ3n) is 20.4. The van der Waals surface area contributed by atoms with Gasteiger partial charge in [-0.1, -0.05) is 96.3 Å². The van der Waals surface area contributed by atoms with E-state index in [2.05, 4.69) is 16.7 Å². The van der Waals surface area contributed by atoms with Gasteiger partial charge < -0.3 is 4.74 Å². The van der Waals surface area contributed by atoms with Crippen LogP contribution in [0.3, 0.4) is 0 Å². The predicted molar refractivity (Wildman–Crippen MR) is 222 cm³/mol. The molecule has 3 heteroatoms. The second-order valence-electron chi connectivity index (χ2n) is 22.4. The molecule has 0 N–H and O–H groups in total. The third-order valence-corrected chi connectivity index (χ3v) is 22.4. The number of nitrogens with zero attached hydrogens (tertiary/aromatic N) is 1. The molecule has 2 aliphatic heterocycles. The van der Waals surface area contributed by atoms with Crippen molar-refractivity contribution in [2.45, 2.75) is 240 Å². The first-order valence-corrected chi connectivity index (χ1v) is 26.3. The summed E-state index contributed by atoms with van der Waals surface area (Å²) in [6.07, 6.45) is 49.0. The highest BCUT2D eigenvalue weighted by atomic mass is 32.2. The van der Waals surface area contributed by atoms with Crippen molar-refractivity contribution in [3.05, 3.63) is 0 Å². The average Bonchev–Trinajstić information content (AvgIpc) is 3.80. The summed E-state index contributed by atoms with van der Waals surface area (Å²) in [4.78, 5) is 3.50. The molecule has 9 aliphatic carbocycles. The maximum absolute atomic E-state index is 6.92. The molecule has 2 saturated heterocycles. The van der Waals surface area contributed by atoms with E-state index in [9.17, 15) is 0 Å². The summed E-state index contributed by atoms with van der Waals surface area (Å²) in [5.41, 5.74) is 0. The number of rotatable bonds is 5. The van der Waals surface area contributed by atoms with E-state index < -0.39 is 0 Å². The number of ether oxygens (including phenoxy) is 1. The molecule has 0 aromatic heterocycles. The van der Waals surface area contributed by atoms with Crippen LogP contribution < -0.4 is 0 Å². The van der Waals surface area contributed by atoms with Gasteiger partial charge in [-0.2, -0.15) is 11.8 Å². The summed E-state index contributed by atoms with van der Waals surface area (Å²) in [5, 5.41) is 1.94. The van der Waals surface area contributed by atoms with Gasteiger partial charge in [0.2, 0.25) is 0 Å². The summed E-state index contributed by atoms with van der Waals surface area (Å²) in [5.74, 6) is 12.4. The van der Waals surface area contributed by atoms with Crippen molar-refractivity contribution in [3.8, 4) is 0 Å². The quantitative estimate of drug-likeness (QED) is 0.278. The number of hydrogen-bond acceptors (Lipinski definition) is 3. The Morgan fingerprint density at radius 3 is 1.81 bits per heavy atom. The molecular formula is C50H81NOS. The minimum Gasteiger partial charge on any atom is -0.374 e. The Kier molecular flexibility index (Phi) is 10.8. The Morgan fingerprint density at radius 1 is 0.340 bits per heavy atom. The lowest BCUT2D eigenvalue weighted by atomic mass is 9.55. The van der Waals surface area contributed by atoms with Crippen molar-refractivity contribution in [2.24, 2.45) is 71.0 Å². The molecule has 16 unspecified atom stereocenters. The normalized spacial score (nSPS) is 53.2. The molecule has 9 saturated carbocycles. The van der Waals surface area contributed by atoms with Crippen LogP contribution in [0, 0.1) is 71.0 Å². The molecule has 2 heterocycles. The summed E-state index contributed by atoms with van der Waals surface area (Å²) in [6, 6.07) is 2.75. The minimum atomic E-state index is 0.624. The van der Waals surface area contributed by atoms with Crippen LogP contribution in [0.25, 0.3) is 0 Å². The smallest absolute Gasteiger partial charge is 0.0621 e. The van der Waals surface area contributed by atoms with Gasteiger partial charge in [-0.3, -0.25) is 4.90 Å². The summed E-state index contributed by atoms with van der Waals surface area (Å²) in [6.45, 7) is 0. The molecule has 298 valence electrons. The largest absolute Gasteiger partial charge is 0.374 e. The van der Waals surface area contributed by atoms with Crippen molar-refractivity contribution >= 4 is 11.8 Å². The standard InChI is InChI=1S/C50H81NOS/c1-2-12-32(13-3-1)33-24-26-36(27-25-33)51(45-31-35-14-4-5-17-38(35)40-18-6-7-19-41(40)45)37-16-10-15-34(30-37)39-21-11-22-42-43-28-29-47-48(50(43)53-49(39)42)44-20-8-9-23-46(44)52-47/h32-50H,1-31H2. The van der Waals surface area contributed by atoms with E-state index >= 15 is 0 Å². The summed E-state index contributed by atoms with van der Waals surface area (Å²) in [7, 11) is 0. The van der Waals surface area contributed by atoms with E-state index in [0.29, 0.717) is 12.2 Å². The van der Waals surface area contributed by atoms with E-state index in [1.807, 2.05) is 0 Å². The van der Waals surface area contributed by atoms with Gasteiger partial charge in [0, 0.05) is 34.5 Å². The van der Waals surface area contributed by atoms with Gasteiger partial charge in [0.1, 0.15) is 0 Å². The van der Waals surface area contributed by atoms with E-state index in [0.717, 1.165) is 99.6 Å². The first-order chi connectivity index (χ1) is 26.3. The van der Waals surface area contributed by atoms with E-state index in [4.69, 9.17) is 4.74 Å². The lowest BCUT2D eigenvalue weighted by Gasteiger charge is -2.58. The Hall–Kier alpha value is 0.270. The first kappa shape index (κ1) is 36.4. The highest BCUT2D eigenvalue weighted by Gasteiger charge is 2.60. The zero-order chi connectivity index (χ0) is 34.9. The van der Waals surface area contributed by atoms with Gasteiger partial charge in [0.25, 0.3) is 0 Å². The van der Waals surface area contributed by atoms with Gasteiger partial charge in [-0.25, -0.2) is 0 Å². The molecule has 11 aliphatic rings. The number of thioether (sulfide) groups is 1. The number of fused-ring (bicyclic) bond motifs is 10. The van der Waals surface area contributed by atoms with Crippen molar-refractivity contribution in [1.29, 1.82) is 0 Å². The molecule has 0 aromatic carbocycles. The molecule has 11 rings (SSSR count). The SMILES string of the molecule is C1CCC(C2CCC(N(C3CCCC(C4CCCC5C6CCC7OC8CCCCC8C7C6SC45)C3)C3CC4CCCCC4C4CCCCC43)CC2)CC1. The van der Waals surface area contributed by atoms with Gasteiger partial charge in [0.05, 0.1) is 12.2 Å². The van der Waals surface area contributed by atoms with E-state index in [1.54, 1.807) is 141 Å². The van der Waals surface area contributed by atoms with Crippen LogP contribution in [0.2, 0.25) is 0 Å². The fourth-order valence-electron chi connectivity index (χ4n) is 18.4. The van der Waals surface area contributed by atoms with Crippen LogP contribution in [0.1, 0.15) is 199 Å². The van der Waals surface area contributed by atoms with Crippen LogP contribution in [-0.4, -0.2) is 45.7 Å². The van der Waals surface area contributed by atoms with Crippen molar-refractivity contribution < 1.29 is 4.74 Å². The minimum absolute atomic E-state index is 0.624. The molecule has 11 fully saturated rings. The summed E-state index contributed by atoms with van der Waals surface area (Å²) < 4.78 is 6.92. The van der Waals surface area contributed by atoms with Crippen molar-refractivity contribution in [1.82, 2.24) is 4.90 Å². The Labute approximate surface area is 331 Å². The van der Waals surface area contributed by atoms with Gasteiger partial charge in [-0.05, 0) is 168 Å². The average molecular weight is 744 g/mol. The van der Waals surface area contributed by atoms with Crippen LogP contribution in [0.15, 0.2) is 0 Å². The van der Waals surface area contributed by atoms with Gasteiger partial charge in [0.15, 0.2) is 0 Å². The molecule has 0 bridgehead atoms. The molecule has 0 aromatic rings. The monoisotopic (exact) mass is 744 g/mol. The van der Waals surface area contributed by atoms with Crippen LogP contribution in [0.4, 0.5) is 0 Å². The second kappa shape index (κ2) is 15.8. The molecular weight excluding hydrogens is 663 g/mol. The maximum Gasteiger partial charge on any atom is 0.0621 e. The van der Waals surface area contributed by atoms with Crippen LogP contribution in [0.5, 0.6) is 0 Å². The van der Waals surface area contributed by atoms with Crippen molar-refractivity contribution in [3.63, 3.8) is 0 Å². The van der Waals surface area contributed by atoms with Gasteiger partial charge >= 0.3 is 0 Å². The molecule has 0 radical (unpaired) electrons. The zero-order valence-corrected chi connectivity index (χ0v) is 35.0. The topological polar surface area (TPSA) is 12.5 Å². The van der Waals surface area contributed by atoms with Crippen LogP contribution in [-0.2, 0) is 4.74 Å². The summed E-state index contributed by atoms with van der Waals surface area (Å²) >= 11 is 2.63. The fourth-order valence-corrected chi connectivity index (χ4v) is 20.9. The van der Waals surface area contributed by atoms with E-state index in [1.165, 1.54) is 57.8 Å². The Morgan fingerprint density at radius 2 is 0.943 bits per heavy atom. The Balaban J connectivity index is 0.848. The zero-order valence-electron chi connectivity index (χ0n) is 34.2. The lowest BCUT2D eigenvalue weighted by Crippen LogP contribution is -2.60. The first-order valence-electron chi connectivity index (χ1n) is 25.4. The van der Waals surface area contributed by atoms with Crippen LogP contribution >= 0.6 is 11.8 Å². The highest BCUT2D eigenvalue weighted by Crippen LogP contribution is 2.64. The van der Waals surface area contributed by atoms with E-state index in [-0.39, 0.29) is 0 Å². The van der Waals surface area contributed by atoms with Crippen molar-refractivity contribution in [2.75, 3.05) is 0 Å². The molecule has 0 amide bonds. The lowest BCUT2D eigenvalue weighted by molar-refractivity contribution is -0.0880. The van der Waals surface area contributed by atoms with Gasteiger partial charge in [-0.15, -0.1) is 0 Å². The molecule has 2 nitrogen and oxygen atoms in total. The predicted octanol–water partition coefficient (Wildman–Crippen LogP) is 13.3. The molecule has 16 atom stereocenters. The molecule has 53 heavy (non-hydrogen) atoms. The second-order valence-corrected chi connectivity index (χ2v) is 23.8.